The van der Waals surface area contributed by atoms with Crippen molar-refractivity contribution in [3.63, 3.8) is 0 Å². The Labute approximate surface area is 143 Å². The lowest BCUT2D eigenvalue weighted by Crippen LogP contribution is -2.22. The smallest absolute Gasteiger partial charge is 0.243 e. The van der Waals surface area contributed by atoms with Crippen molar-refractivity contribution in [3.8, 4) is 11.8 Å². The molecule has 0 saturated carbocycles. The molecule has 6 heteroatoms. The number of nitrogens with zero attached hydrogens (tertiary/aromatic N) is 1. The number of anilines is 2. The van der Waals surface area contributed by atoms with E-state index >= 15 is 0 Å². The molecule has 0 aliphatic heterocycles. The number of hydrogen-bond acceptors (Lipinski definition) is 4. The number of nitrogens with one attached hydrogen (secondary N) is 2. The van der Waals surface area contributed by atoms with Gasteiger partial charge in [0.15, 0.2) is 0 Å². The maximum Gasteiger partial charge on any atom is 0.243 e. The third-order valence-electron chi connectivity index (χ3n) is 2.98. The van der Waals surface area contributed by atoms with E-state index in [1.54, 1.807) is 18.2 Å². The fourth-order valence-electron chi connectivity index (χ4n) is 1.93. The van der Waals surface area contributed by atoms with Crippen molar-refractivity contribution in [3.05, 3.63) is 52.5 Å². The van der Waals surface area contributed by atoms with E-state index in [0.717, 1.165) is 10.2 Å². The minimum Gasteiger partial charge on any atom is -0.492 e. The second-order valence-corrected chi connectivity index (χ2v) is 5.58. The molecule has 5 nitrogen and oxygen atoms in total. The molecule has 0 aromatic heterocycles. The first kappa shape index (κ1) is 16.8. The van der Waals surface area contributed by atoms with Crippen LogP contribution in [0.4, 0.5) is 11.4 Å². The van der Waals surface area contributed by atoms with Gasteiger partial charge < -0.3 is 15.4 Å². The summed E-state index contributed by atoms with van der Waals surface area (Å²) < 4.78 is 6.44. The molecule has 23 heavy (non-hydrogen) atoms. The van der Waals surface area contributed by atoms with Gasteiger partial charge in [0.25, 0.3) is 0 Å². The van der Waals surface area contributed by atoms with Gasteiger partial charge in [-0.05, 0) is 49.4 Å². The van der Waals surface area contributed by atoms with Crippen molar-refractivity contribution in [1.82, 2.24) is 0 Å². The molecule has 1 amide bonds. The van der Waals surface area contributed by atoms with Crippen molar-refractivity contribution in [2.45, 2.75) is 6.92 Å². The molecule has 0 spiro atoms. The van der Waals surface area contributed by atoms with E-state index in [-0.39, 0.29) is 12.5 Å². The number of carbonyl (C=O) groups is 1. The van der Waals surface area contributed by atoms with Crippen LogP contribution in [0.5, 0.6) is 5.75 Å². The molecule has 0 radical (unpaired) electrons. The molecule has 0 aliphatic carbocycles. The van der Waals surface area contributed by atoms with Gasteiger partial charge in [-0.3, -0.25) is 4.79 Å². The quantitative estimate of drug-likeness (QED) is 0.807. The van der Waals surface area contributed by atoms with E-state index in [2.05, 4.69) is 32.6 Å². The standard InChI is InChI=1S/C17H16BrN3O2/c1-2-23-16-8-3-12(10-19)9-15(16)20-11-17(22)21-14-6-4-13(18)5-7-14/h3-9,20H,2,11H2,1H3,(H,21,22). The summed E-state index contributed by atoms with van der Waals surface area (Å²) >= 11 is 3.34. The third kappa shape index (κ3) is 5.01. The monoisotopic (exact) mass is 373 g/mol. The van der Waals surface area contributed by atoms with Gasteiger partial charge >= 0.3 is 0 Å². The summed E-state index contributed by atoms with van der Waals surface area (Å²) in [5, 5.41) is 14.8. The summed E-state index contributed by atoms with van der Waals surface area (Å²) in [6, 6.07) is 14.5. The number of ether oxygens (including phenoxy) is 1. The van der Waals surface area contributed by atoms with E-state index in [1.165, 1.54) is 0 Å². The topological polar surface area (TPSA) is 74.1 Å². The largest absolute Gasteiger partial charge is 0.492 e. The second kappa shape index (κ2) is 8.20. The highest BCUT2D eigenvalue weighted by molar-refractivity contribution is 9.10. The molecule has 0 saturated heterocycles. The average molecular weight is 374 g/mol. The minimum absolute atomic E-state index is 0.0744. The molecule has 2 N–H and O–H groups in total. The molecule has 0 aliphatic rings. The number of halogens is 1. The Morgan fingerprint density at radius 1 is 1.26 bits per heavy atom. The Bertz CT molecular complexity index is 724. The average Bonchev–Trinajstić information content (AvgIpc) is 2.56. The predicted molar refractivity (Wildman–Crippen MR) is 93.6 cm³/mol. The van der Waals surface area contributed by atoms with Crippen LogP contribution in [0.2, 0.25) is 0 Å². The van der Waals surface area contributed by atoms with Crippen LogP contribution < -0.4 is 15.4 Å². The van der Waals surface area contributed by atoms with Gasteiger partial charge in [0.1, 0.15) is 5.75 Å². The van der Waals surface area contributed by atoms with Crippen LogP contribution in [0.3, 0.4) is 0 Å². The normalized spacial score (nSPS) is 9.78. The zero-order valence-corrected chi connectivity index (χ0v) is 14.2. The predicted octanol–water partition coefficient (Wildman–Crippen LogP) is 3.77. The SMILES string of the molecule is CCOc1ccc(C#N)cc1NCC(=O)Nc1ccc(Br)cc1. The summed E-state index contributed by atoms with van der Waals surface area (Å²) in [5.41, 5.74) is 1.84. The molecule has 2 rings (SSSR count). The first-order valence-electron chi connectivity index (χ1n) is 7.08. The Hall–Kier alpha value is -2.52. The summed E-state index contributed by atoms with van der Waals surface area (Å²) in [5.74, 6) is 0.431. The lowest BCUT2D eigenvalue weighted by atomic mass is 10.2. The molecule has 0 unspecified atom stereocenters. The van der Waals surface area contributed by atoms with Crippen molar-refractivity contribution in [2.24, 2.45) is 0 Å². The number of nitriles is 1. The lowest BCUT2D eigenvalue weighted by molar-refractivity contribution is -0.114. The summed E-state index contributed by atoms with van der Waals surface area (Å²) in [7, 11) is 0. The molecule has 2 aromatic rings. The molecule has 0 bridgehead atoms. The van der Waals surface area contributed by atoms with E-state index in [1.807, 2.05) is 31.2 Å². The fourth-order valence-corrected chi connectivity index (χ4v) is 2.20. The molecule has 0 atom stereocenters. The number of carbonyl (C=O) groups excluding carboxylic acids is 1. The molecule has 118 valence electrons. The van der Waals surface area contributed by atoms with Crippen molar-refractivity contribution >= 4 is 33.2 Å². The Morgan fingerprint density at radius 2 is 2.00 bits per heavy atom. The number of rotatable bonds is 6. The van der Waals surface area contributed by atoms with Gasteiger partial charge in [0.05, 0.1) is 30.5 Å². The first-order chi connectivity index (χ1) is 11.1. The van der Waals surface area contributed by atoms with E-state index < -0.39 is 0 Å². The van der Waals surface area contributed by atoms with Gasteiger partial charge in [-0.2, -0.15) is 5.26 Å². The van der Waals surface area contributed by atoms with Gasteiger partial charge in [0, 0.05) is 10.2 Å². The summed E-state index contributed by atoms with van der Waals surface area (Å²) in [6.45, 7) is 2.46. The Kier molecular flexibility index (Phi) is 6.01. The summed E-state index contributed by atoms with van der Waals surface area (Å²) in [4.78, 5) is 12.0. The molecule has 0 fully saturated rings. The summed E-state index contributed by atoms with van der Waals surface area (Å²) in [6.07, 6.45) is 0. The lowest BCUT2D eigenvalue weighted by Gasteiger charge is -2.13. The molecule has 2 aromatic carbocycles. The maximum absolute atomic E-state index is 12.0. The van der Waals surface area contributed by atoms with E-state index in [0.29, 0.717) is 23.6 Å². The highest BCUT2D eigenvalue weighted by Crippen LogP contribution is 2.25. The fraction of sp³-hybridized carbons (Fsp3) is 0.176. The second-order valence-electron chi connectivity index (χ2n) is 4.66. The van der Waals surface area contributed by atoms with Crippen LogP contribution in [0.15, 0.2) is 46.9 Å². The van der Waals surface area contributed by atoms with Crippen LogP contribution in [-0.2, 0) is 4.79 Å². The first-order valence-corrected chi connectivity index (χ1v) is 7.88. The molecular formula is C17H16BrN3O2. The zero-order valence-electron chi connectivity index (χ0n) is 12.6. The van der Waals surface area contributed by atoms with Crippen molar-refractivity contribution in [2.75, 3.05) is 23.8 Å². The van der Waals surface area contributed by atoms with E-state index in [4.69, 9.17) is 10.00 Å². The van der Waals surface area contributed by atoms with Gasteiger partial charge in [-0.15, -0.1) is 0 Å². The third-order valence-corrected chi connectivity index (χ3v) is 3.50. The van der Waals surface area contributed by atoms with Crippen molar-refractivity contribution in [1.29, 1.82) is 5.26 Å². The minimum atomic E-state index is -0.183. The van der Waals surface area contributed by atoms with Crippen LogP contribution in [-0.4, -0.2) is 19.1 Å². The van der Waals surface area contributed by atoms with Gasteiger partial charge in [-0.1, -0.05) is 15.9 Å². The number of amides is 1. The highest BCUT2D eigenvalue weighted by atomic mass is 79.9. The molecular weight excluding hydrogens is 358 g/mol. The van der Waals surface area contributed by atoms with Gasteiger partial charge in [0.2, 0.25) is 5.91 Å². The Balaban J connectivity index is 2.00. The molecule has 0 heterocycles. The zero-order chi connectivity index (χ0) is 16.7. The van der Waals surface area contributed by atoms with E-state index in [9.17, 15) is 4.79 Å². The van der Waals surface area contributed by atoms with Crippen molar-refractivity contribution < 1.29 is 9.53 Å². The van der Waals surface area contributed by atoms with Crippen LogP contribution in [0.25, 0.3) is 0 Å². The Morgan fingerprint density at radius 3 is 2.65 bits per heavy atom. The van der Waals surface area contributed by atoms with Crippen LogP contribution in [0, 0.1) is 11.3 Å². The van der Waals surface area contributed by atoms with Crippen LogP contribution in [0.1, 0.15) is 12.5 Å². The highest BCUT2D eigenvalue weighted by Gasteiger charge is 2.08. The number of hydrogen-bond donors (Lipinski definition) is 2. The van der Waals surface area contributed by atoms with Gasteiger partial charge in [-0.25, -0.2) is 0 Å². The number of benzene rings is 2. The maximum atomic E-state index is 12.0. The van der Waals surface area contributed by atoms with Crippen LogP contribution >= 0.6 is 15.9 Å².